The van der Waals surface area contributed by atoms with Gasteiger partial charge in [0.05, 0.1) is 23.5 Å². The van der Waals surface area contributed by atoms with Crippen molar-refractivity contribution in [3.8, 4) is 6.07 Å². The van der Waals surface area contributed by atoms with Crippen LogP contribution in [0.3, 0.4) is 0 Å². The van der Waals surface area contributed by atoms with Gasteiger partial charge < -0.3 is 20.2 Å². The van der Waals surface area contributed by atoms with Crippen LogP contribution in [0.25, 0.3) is 16.8 Å². The lowest BCUT2D eigenvalue weighted by Crippen LogP contribution is -2.50. The summed E-state index contributed by atoms with van der Waals surface area (Å²) in [5, 5.41) is 39.3. The summed E-state index contributed by atoms with van der Waals surface area (Å²) in [5.41, 5.74) is 1.60. The maximum absolute atomic E-state index is 13.6. The maximum Gasteiger partial charge on any atom is 0.393 e. The van der Waals surface area contributed by atoms with Crippen LogP contribution < -0.4 is 4.90 Å². The molecular weight excluding hydrogens is 477 g/mol. The van der Waals surface area contributed by atoms with Crippen LogP contribution >= 0.6 is 11.8 Å². The average Bonchev–Trinajstić information content (AvgIpc) is 2.85. The van der Waals surface area contributed by atoms with E-state index in [2.05, 4.69) is 6.07 Å². The Kier molecular flexibility index (Phi) is 9.47. The van der Waals surface area contributed by atoms with E-state index >= 15 is 0 Å². The summed E-state index contributed by atoms with van der Waals surface area (Å²) in [6, 6.07) is 12.9. The van der Waals surface area contributed by atoms with E-state index in [0.29, 0.717) is 30.0 Å². The first kappa shape index (κ1) is 27.3. The smallest absolute Gasteiger partial charge is 0.393 e. The highest BCUT2D eigenvalue weighted by Gasteiger charge is 2.47. The molecule has 9 heteroatoms. The van der Waals surface area contributed by atoms with Crippen LogP contribution in [0.2, 0.25) is 0 Å². The number of aliphatic hydroxyl groups is 3. The summed E-state index contributed by atoms with van der Waals surface area (Å²) in [6.45, 7) is 1.89. The summed E-state index contributed by atoms with van der Waals surface area (Å²) < 4.78 is 40.7. The van der Waals surface area contributed by atoms with Gasteiger partial charge in [-0.15, -0.1) is 11.8 Å². The van der Waals surface area contributed by atoms with Gasteiger partial charge in [-0.05, 0) is 66.3 Å². The van der Waals surface area contributed by atoms with Gasteiger partial charge in [0.1, 0.15) is 12.2 Å². The normalized spacial score (nSPS) is 21.1. The average molecular weight is 509 g/mol. The standard InChI is InChI=1S/C26H31F3N2O3S/c1-2-23-22(26(27,28)29)4-3-10-31(23)20-8-7-18-12-17(5-6-19(18)14-20)13-21(15-30)35-11-9-24(33)25(34)16-32/h5-8,12-14,22-25,32-34H,2-4,9-11,16H2,1H3/b21-13+. The van der Waals surface area contributed by atoms with Crippen molar-refractivity contribution in [2.75, 3.05) is 23.8 Å². The van der Waals surface area contributed by atoms with Gasteiger partial charge in [-0.1, -0.05) is 25.1 Å². The summed E-state index contributed by atoms with van der Waals surface area (Å²) >= 11 is 1.25. The Hall–Kier alpha value is -2.25. The van der Waals surface area contributed by atoms with Crippen LogP contribution in [0.4, 0.5) is 18.9 Å². The molecule has 1 saturated heterocycles. The Morgan fingerprint density at radius 1 is 1.20 bits per heavy atom. The van der Waals surface area contributed by atoms with Crippen molar-refractivity contribution in [1.82, 2.24) is 0 Å². The molecule has 4 unspecified atom stereocenters. The van der Waals surface area contributed by atoms with Gasteiger partial charge in [0.25, 0.3) is 0 Å². The number of halogens is 3. The highest BCUT2D eigenvalue weighted by atomic mass is 32.2. The summed E-state index contributed by atoms with van der Waals surface area (Å²) in [6.07, 6.45) is -3.39. The predicted molar refractivity (Wildman–Crippen MR) is 134 cm³/mol. The largest absolute Gasteiger partial charge is 0.394 e. The Morgan fingerprint density at radius 2 is 1.91 bits per heavy atom. The molecule has 190 valence electrons. The molecule has 0 aromatic heterocycles. The number of nitrogens with zero attached hydrogens (tertiary/aromatic N) is 2. The van der Waals surface area contributed by atoms with Crippen molar-refractivity contribution in [3.63, 3.8) is 0 Å². The van der Waals surface area contributed by atoms with Gasteiger partial charge in [0, 0.05) is 24.0 Å². The van der Waals surface area contributed by atoms with Gasteiger partial charge in [-0.3, -0.25) is 0 Å². The van der Waals surface area contributed by atoms with Crippen LogP contribution in [0, 0.1) is 17.2 Å². The minimum Gasteiger partial charge on any atom is -0.394 e. The van der Waals surface area contributed by atoms with Crippen molar-refractivity contribution in [2.24, 2.45) is 5.92 Å². The van der Waals surface area contributed by atoms with Crippen molar-refractivity contribution in [3.05, 3.63) is 46.9 Å². The van der Waals surface area contributed by atoms with Crippen LogP contribution in [0.15, 0.2) is 41.3 Å². The fraction of sp³-hybridized carbons (Fsp3) is 0.500. The Morgan fingerprint density at radius 3 is 2.57 bits per heavy atom. The van der Waals surface area contributed by atoms with E-state index in [1.165, 1.54) is 11.8 Å². The molecule has 3 N–H and O–H groups in total. The molecule has 1 heterocycles. The molecule has 0 amide bonds. The van der Waals surface area contributed by atoms with E-state index in [1.807, 2.05) is 48.2 Å². The predicted octanol–water partition coefficient (Wildman–Crippen LogP) is 5.10. The second-order valence-corrected chi connectivity index (χ2v) is 9.96. The topological polar surface area (TPSA) is 87.7 Å². The lowest BCUT2D eigenvalue weighted by Gasteiger charge is -2.43. The fourth-order valence-electron chi connectivity index (χ4n) is 4.65. The number of rotatable bonds is 9. The second-order valence-electron chi connectivity index (χ2n) is 8.83. The van der Waals surface area contributed by atoms with E-state index in [-0.39, 0.29) is 12.8 Å². The molecule has 2 aromatic carbocycles. The zero-order valence-electron chi connectivity index (χ0n) is 19.6. The minimum absolute atomic E-state index is 0.169. The molecule has 2 aromatic rings. The molecule has 1 aliphatic heterocycles. The number of allylic oxidation sites excluding steroid dienone is 1. The molecule has 3 rings (SSSR count). The zero-order valence-corrected chi connectivity index (χ0v) is 20.4. The lowest BCUT2D eigenvalue weighted by molar-refractivity contribution is -0.185. The number of benzene rings is 2. The molecule has 5 nitrogen and oxygen atoms in total. The van der Waals surface area contributed by atoms with E-state index < -0.39 is 37.0 Å². The first-order valence-electron chi connectivity index (χ1n) is 11.8. The number of alkyl halides is 3. The number of fused-ring (bicyclic) bond motifs is 1. The first-order chi connectivity index (χ1) is 16.7. The van der Waals surface area contributed by atoms with Crippen molar-refractivity contribution >= 4 is 34.3 Å². The Bertz CT molecular complexity index is 1070. The number of hydrogen-bond donors (Lipinski definition) is 3. The third kappa shape index (κ3) is 6.91. The third-order valence-corrected chi connectivity index (χ3v) is 7.47. The summed E-state index contributed by atoms with van der Waals surface area (Å²) in [7, 11) is 0. The minimum atomic E-state index is -4.20. The van der Waals surface area contributed by atoms with Gasteiger partial charge in [-0.2, -0.15) is 18.4 Å². The maximum atomic E-state index is 13.6. The van der Waals surface area contributed by atoms with E-state index in [0.717, 1.165) is 22.0 Å². The molecule has 1 fully saturated rings. The van der Waals surface area contributed by atoms with Gasteiger partial charge in [0.15, 0.2) is 0 Å². The molecule has 0 radical (unpaired) electrons. The summed E-state index contributed by atoms with van der Waals surface area (Å²) in [5.74, 6) is -0.915. The molecule has 0 saturated carbocycles. The summed E-state index contributed by atoms with van der Waals surface area (Å²) in [4.78, 5) is 2.34. The molecular formula is C26H31F3N2O3S. The number of hydrogen-bond acceptors (Lipinski definition) is 6. The SMILES string of the molecule is CCC1C(C(F)(F)F)CCCN1c1ccc2cc(/C=C(\C#N)SCCC(O)C(O)CO)ccc2c1. The molecule has 0 spiro atoms. The number of nitriles is 1. The lowest BCUT2D eigenvalue weighted by atomic mass is 9.86. The first-order valence-corrected chi connectivity index (χ1v) is 12.7. The van der Waals surface area contributed by atoms with Crippen LogP contribution in [-0.2, 0) is 0 Å². The van der Waals surface area contributed by atoms with E-state index in [1.54, 1.807) is 6.08 Å². The van der Waals surface area contributed by atoms with Gasteiger partial charge in [-0.25, -0.2) is 0 Å². The van der Waals surface area contributed by atoms with E-state index in [4.69, 9.17) is 5.11 Å². The van der Waals surface area contributed by atoms with Gasteiger partial charge in [0.2, 0.25) is 0 Å². The van der Waals surface area contributed by atoms with Crippen molar-refractivity contribution in [1.29, 1.82) is 5.26 Å². The van der Waals surface area contributed by atoms with Crippen molar-refractivity contribution < 1.29 is 28.5 Å². The van der Waals surface area contributed by atoms with Crippen LogP contribution in [-0.4, -0.2) is 58.7 Å². The van der Waals surface area contributed by atoms with Crippen LogP contribution in [0.1, 0.15) is 38.2 Å². The molecule has 0 aliphatic carbocycles. The number of aliphatic hydroxyl groups excluding tert-OH is 3. The number of piperidine rings is 1. The molecule has 35 heavy (non-hydrogen) atoms. The highest BCUT2D eigenvalue weighted by Crippen LogP contribution is 2.41. The molecule has 1 aliphatic rings. The second kappa shape index (κ2) is 12.1. The quantitative estimate of drug-likeness (QED) is 0.409. The number of thioether (sulfide) groups is 1. The number of anilines is 1. The zero-order chi connectivity index (χ0) is 25.6. The van der Waals surface area contributed by atoms with E-state index in [9.17, 15) is 28.6 Å². The molecule has 4 atom stereocenters. The van der Waals surface area contributed by atoms with Gasteiger partial charge >= 0.3 is 6.18 Å². The Labute approximate surface area is 207 Å². The van der Waals surface area contributed by atoms with Crippen LogP contribution in [0.5, 0.6) is 0 Å². The van der Waals surface area contributed by atoms with Crippen molar-refractivity contribution in [2.45, 2.75) is 57.0 Å². The monoisotopic (exact) mass is 508 g/mol. The highest BCUT2D eigenvalue weighted by molar-refractivity contribution is 8.03. The third-order valence-electron chi connectivity index (χ3n) is 6.51. The molecule has 0 bridgehead atoms. The Balaban J connectivity index is 1.75. The fourth-order valence-corrected chi connectivity index (χ4v) is 5.51.